The number of hydrogen-bond donors (Lipinski definition) is 5. The van der Waals surface area contributed by atoms with Gasteiger partial charge in [-0.15, -0.1) is 46.1 Å². The molecule has 0 heterocycles. The normalized spacial score (nSPS) is 10.0. The second kappa shape index (κ2) is 59.2. The maximum atomic E-state index is 7.58. The molecule has 1 unspecified atom stereocenters. The van der Waals surface area contributed by atoms with Gasteiger partial charge in [-0.25, -0.2) is 0 Å². The highest BCUT2D eigenvalue weighted by Gasteiger charge is 2.09. The molecule has 0 saturated carbocycles. The molecule has 0 aliphatic rings. The van der Waals surface area contributed by atoms with E-state index in [1.54, 1.807) is 0 Å². The van der Waals surface area contributed by atoms with Crippen molar-refractivity contribution in [3.8, 4) is 11.1 Å². The Kier molecular flexibility index (Phi) is 65.4. The van der Waals surface area contributed by atoms with Crippen molar-refractivity contribution in [1.29, 1.82) is 5.41 Å². The molecule has 3 aromatic rings. The zero-order valence-corrected chi connectivity index (χ0v) is 44.0. The lowest BCUT2D eigenvalue weighted by atomic mass is 9.93. The van der Waals surface area contributed by atoms with E-state index in [4.69, 9.17) is 16.9 Å². The van der Waals surface area contributed by atoms with Crippen molar-refractivity contribution in [2.24, 2.45) is 23.1 Å². The number of hydrogen-bond acceptors (Lipinski definition) is 5. The molecule has 0 spiro atoms. The third-order valence-corrected chi connectivity index (χ3v) is 8.86. The first kappa shape index (κ1) is 71.8. The van der Waals surface area contributed by atoms with E-state index in [2.05, 4.69) is 185 Å². The molecule has 0 amide bonds. The fourth-order valence-electron chi connectivity index (χ4n) is 5.50. The number of fused-ring (bicyclic) bond motifs is 1. The molecular weight excluding hydrogens is 791 g/mol. The molecule has 5 heteroatoms. The van der Waals surface area contributed by atoms with Crippen LogP contribution in [0.5, 0.6) is 0 Å². The van der Waals surface area contributed by atoms with Crippen LogP contribution in [0.15, 0.2) is 162 Å². The van der Waals surface area contributed by atoms with E-state index in [9.17, 15) is 0 Å². The highest BCUT2D eigenvalue weighted by Crippen LogP contribution is 2.32. The van der Waals surface area contributed by atoms with E-state index in [0.717, 1.165) is 70.0 Å². The van der Waals surface area contributed by atoms with Crippen molar-refractivity contribution in [3.05, 3.63) is 173 Å². The van der Waals surface area contributed by atoms with Crippen LogP contribution in [-0.2, 0) is 0 Å². The lowest BCUT2D eigenvalue weighted by molar-refractivity contribution is 0.617. The Labute approximate surface area is 404 Å². The number of allylic oxidation sites excluding steroid dienone is 7. The monoisotopic (exact) mass is 894 g/mol. The van der Waals surface area contributed by atoms with Gasteiger partial charge in [-0.1, -0.05) is 165 Å². The molecule has 0 aliphatic carbocycles. The fourth-order valence-corrected chi connectivity index (χ4v) is 5.50. The van der Waals surface area contributed by atoms with Crippen LogP contribution in [-0.4, -0.2) is 25.8 Å². The van der Waals surface area contributed by atoms with Crippen LogP contribution < -0.4 is 22.5 Å². The minimum atomic E-state index is 0.0848. The number of aryl methyl sites for hydroxylation is 1. The molecule has 1 atom stereocenters. The van der Waals surface area contributed by atoms with Gasteiger partial charge < -0.3 is 27.9 Å². The van der Waals surface area contributed by atoms with Crippen LogP contribution in [0.25, 0.3) is 21.9 Å². The Morgan fingerprint density at radius 2 is 1.34 bits per heavy atom. The summed E-state index contributed by atoms with van der Waals surface area (Å²) in [6, 6.07) is 21.8. The van der Waals surface area contributed by atoms with Gasteiger partial charge in [0.2, 0.25) is 0 Å². The number of nitrogens with one attached hydrogen (secondary N) is 2. The van der Waals surface area contributed by atoms with Crippen molar-refractivity contribution in [2.75, 3.05) is 20.1 Å². The number of nitrogens with two attached hydrogens (primary N) is 3. The topological polar surface area (TPSA) is 114 Å². The maximum absolute atomic E-state index is 7.58. The third kappa shape index (κ3) is 47.0. The van der Waals surface area contributed by atoms with Crippen molar-refractivity contribution in [3.63, 3.8) is 0 Å². The molecule has 5 nitrogen and oxygen atoms in total. The summed E-state index contributed by atoms with van der Waals surface area (Å²) >= 11 is 0. The Bertz CT molecular complexity index is 1580. The molecule has 65 heavy (non-hydrogen) atoms. The fraction of sp³-hybridized carbons (Fsp3) is 0.450. The van der Waals surface area contributed by atoms with Crippen LogP contribution >= 0.6 is 0 Å². The summed E-state index contributed by atoms with van der Waals surface area (Å²) in [5.41, 5.74) is 23.4. The lowest BCUT2D eigenvalue weighted by Crippen LogP contribution is -2.10. The number of unbranched alkanes of at least 4 members (excludes halogenated alkanes) is 5. The average molecular weight is 895 g/mol. The minimum Gasteiger partial charge on any atom is -0.405 e. The predicted octanol–water partition coefficient (Wildman–Crippen LogP) is 17.5. The summed E-state index contributed by atoms with van der Waals surface area (Å²) in [6.45, 7) is 47.0. The summed E-state index contributed by atoms with van der Waals surface area (Å²) in [6.07, 6.45) is 27.9. The van der Waals surface area contributed by atoms with Gasteiger partial charge in [0.15, 0.2) is 0 Å². The first-order valence-electron chi connectivity index (χ1n) is 24.2. The summed E-state index contributed by atoms with van der Waals surface area (Å²) in [4.78, 5) is 0. The summed E-state index contributed by atoms with van der Waals surface area (Å²) < 4.78 is 0. The van der Waals surface area contributed by atoms with Gasteiger partial charge >= 0.3 is 0 Å². The van der Waals surface area contributed by atoms with Crippen LogP contribution in [0.3, 0.4) is 0 Å². The van der Waals surface area contributed by atoms with Gasteiger partial charge in [0.05, 0.1) is 0 Å². The molecule has 368 valence electrons. The van der Waals surface area contributed by atoms with Crippen LogP contribution in [0.4, 0.5) is 0 Å². The quantitative estimate of drug-likeness (QED) is 0.0416. The van der Waals surface area contributed by atoms with E-state index in [1.165, 1.54) is 77.0 Å². The Morgan fingerprint density at radius 3 is 1.83 bits per heavy atom. The molecule has 0 fully saturated rings. The average Bonchev–Trinajstić information content (AvgIpc) is 3.32. The SMILES string of the molecule is C=C.C=C.C=CC/C=C/CCCN.C=CCCC.C=CCCCC(N)c1cccc(-c2cccc3c(C)cccc23)c1.C=CN.CC.CC/C(C)=C\C(=N)CC(C)C.CCCCCNC. The van der Waals surface area contributed by atoms with E-state index in [1.807, 2.05) is 45.2 Å². The first-order valence-corrected chi connectivity index (χ1v) is 24.2. The van der Waals surface area contributed by atoms with E-state index >= 15 is 0 Å². The van der Waals surface area contributed by atoms with Gasteiger partial charge in [0, 0.05) is 11.8 Å². The zero-order chi connectivity index (χ0) is 51.1. The van der Waals surface area contributed by atoms with Gasteiger partial charge in [-0.05, 0) is 155 Å². The third-order valence-electron chi connectivity index (χ3n) is 8.86. The molecule has 0 saturated heterocycles. The van der Waals surface area contributed by atoms with E-state index in [-0.39, 0.29) is 6.04 Å². The molecule has 3 rings (SSSR count). The molecule has 0 bridgehead atoms. The lowest BCUT2D eigenvalue weighted by Gasteiger charge is -2.14. The molecule has 0 radical (unpaired) electrons. The maximum Gasteiger partial charge on any atom is 0.0315 e. The molecule has 3 aromatic carbocycles. The predicted molar refractivity (Wildman–Crippen MR) is 305 cm³/mol. The highest BCUT2D eigenvalue weighted by atomic mass is 14.8. The summed E-state index contributed by atoms with van der Waals surface area (Å²) in [7, 11) is 2.00. The molecule has 0 aromatic heterocycles. The number of benzene rings is 3. The molecule has 8 N–H and O–H groups in total. The standard InChI is InChI=1S/C23H25N.C10H19N.C8H15N.C6H15N.C5H10.C2H5N.C2H6.2C2H4/c1-3-4-5-15-23(24)19-11-7-10-18(16-19)21-13-8-12-20-17(2)9-6-14-22(20)21;1-5-9(4)7-10(11)6-8(2)3;1-2-3-4-5-6-7-8-9;1-3-4-5-6-7-2;1-3-5-4-2;1-2-3;3*1-2/h3,6-14,16,23H,1,4-5,15,24H2,2H3;7-8,11H,5-6H2,1-4H3;2,4-5H,1,3,6-9H2;7H,3-6H2,1-2H3;3H,1,4-5H2,2H3;2H,1,3H2;1-2H3;2*1-2H2/b;9-7-,11-10?;5-4+;;;;;;. The van der Waals surface area contributed by atoms with Crippen molar-refractivity contribution >= 4 is 16.5 Å². The van der Waals surface area contributed by atoms with E-state index in [0.29, 0.717) is 5.92 Å². The Hall–Kier alpha value is -4.81. The second-order valence-electron chi connectivity index (χ2n) is 14.9. The second-order valence-corrected chi connectivity index (χ2v) is 14.9. The van der Waals surface area contributed by atoms with Crippen molar-refractivity contribution < 1.29 is 0 Å². The van der Waals surface area contributed by atoms with Crippen LogP contribution in [0.2, 0.25) is 0 Å². The minimum absolute atomic E-state index is 0.0848. The first-order chi connectivity index (χ1) is 31.4. The Morgan fingerprint density at radius 1 is 0.754 bits per heavy atom. The molecular formula is C60H103N5. The Balaban J connectivity index is -0.000000179. The van der Waals surface area contributed by atoms with Crippen LogP contribution in [0, 0.1) is 18.3 Å². The van der Waals surface area contributed by atoms with Gasteiger partial charge in [-0.3, -0.25) is 0 Å². The van der Waals surface area contributed by atoms with Crippen LogP contribution in [0.1, 0.15) is 156 Å². The number of rotatable bonds is 21. The summed E-state index contributed by atoms with van der Waals surface area (Å²) in [5, 5.41) is 13.3. The van der Waals surface area contributed by atoms with Gasteiger partial charge in [0.1, 0.15) is 0 Å². The highest BCUT2D eigenvalue weighted by molar-refractivity contribution is 5.98. The van der Waals surface area contributed by atoms with Gasteiger partial charge in [-0.2, -0.15) is 0 Å². The van der Waals surface area contributed by atoms with E-state index < -0.39 is 0 Å². The molecule has 0 aliphatic heterocycles. The zero-order valence-electron chi connectivity index (χ0n) is 44.0. The van der Waals surface area contributed by atoms with Crippen molar-refractivity contribution in [1.82, 2.24) is 5.32 Å². The van der Waals surface area contributed by atoms with Crippen molar-refractivity contribution in [2.45, 2.75) is 152 Å². The van der Waals surface area contributed by atoms with Gasteiger partial charge in [0.25, 0.3) is 0 Å². The summed E-state index contributed by atoms with van der Waals surface area (Å²) in [5.74, 6) is 0.600. The smallest absolute Gasteiger partial charge is 0.0315 e. The largest absolute Gasteiger partial charge is 0.405 e.